The Labute approximate surface area is 215 Å². The number of hydrogen-bond donors (Lipinski definition) is 2. The van der Waals surface area contributed by atoms with Gasteiger partial charge in [-0.15, -0.1) is 0 Å². The first kappa shape index (κ1) is 27.4. The molecule has 0 aromatic heterocycles. The lowest BCUT2D eigenvalue weighted by molar-refractivity contribution is -0.170. The first-order chi connectivity index (χ1) is 16.6. The van der Waals surface area contributed by atoms with Gasteiger partial charge in [0.25, 0.3) is 0 Å². The fourth-order valence-corrected chi connectivity index (χ4v) is 9.64. The number of hydrogen-bond acceptors (Lipinski definition) is 5. The zero-order valence-electron chi connectivity index (χ0n) is 23.5. The number of likely N-dealkylation sites (N-methyl/N-ethyl adjacent to an activating group) is 1. The average Bonchev–Trinajstić information content (AvgIpc) is 3.17. The Bertz CT molecular complexity index is 728. The number of rotatable bonds is 9. The minimum absolute atomic E-state index is 0.00335. The Morgan fingerprint density at radius 1 is 1.11 bits per heavy atom. The van der Waals surface area contributed by atoms with Gasteiger partial charge in [-0.25, -0.2) is 0 Å². The highest BCUT2D eigenvalue weighted by Gasteiger charge is 2.63. The molecular weight excluding hydrogens is 436 g/mol. The first-order valence-corrected chi connectivity index (χ1v) is 14.8. The van der Waals surface area contributed by atoms with Crippen LogP contribution in [0.2, 0.25) is 0 Å². The molecule has 35 heavy (non-hydrogen) atoms. The fourth-order valence-electron chi connectivity index (χ4n) is 9.64. The van der Waals surface area contributed by atoms with Crippen LogP contribution < -0.4 is 5.32 Å². The molecule has 4 aliphatic rings. The number of carbonyl (C=O) groups excluding carboxylic acids is 1. The average molecular weight is 491 g/mol. The summed E-state index contributed by atoms with van der Waals surface area (Å²) in [5, 5.41) is 15.6. The molecular formula is C30H54N2O3. The van der Waals surface area contributed by atoms with E-state index >= 15 is 0 Å². The number of esters is 1. The van der Waals surface area contributed by atoms with Crippen molar-refractivity contribution < 1.29 is 14.6 Å². The SMILES string of the molecule is CCOC(=O)CCC(C)C1CCC2C3CCC4CC(NCCN(C)C)CCC4(C)C3CC(O)C12C. The molecule has 4 rings (SSSR count). The van der Waals surface area contributed by atoms with E-state index in [4.69, 9.17) is 4.74 Å². The number of aliphatic hydroxyl groups excluding tert-OH is 1. The van der Waals surface area contributed by atoms with Crippen molar-refractivity contribution in [3.05, 3.63) is 0 Å². The molecule has 10 atom stereocenters. The number of aliphatic hydroxyl groups is 1. The number of nitrogens with one attached hydrogen (secondary N) is 1. The Balaban J connectivity index is 1.42. The van der Waals surface area contributed by atoms with Crippen molar-refractivity contribution in [1.29, 1.82) is 0 Å². The van der Waals surface area contributed by atoms with Crippen molar-refractivity contribution in [2.24, 2.45) is 46.3 Å². The third-order valence-corrected chi connectivity index (χ3v) is 11.6. The third-order valence-electron chi connectivity index (χ3n) is 11.6. The lowest BCUT2D eigenvalue weighted by atomic mass is 9.43. The number of fused-ring (bicyclic) bond motifs is 5. The van der Waals surface area contributed by atoms with E-state index in [9.17, 15) is 9.90 Å². The van der Waals surface area contributed by atoms with E-state index in [0.717, 1.165) is 37.8 Å². The van der Waals surface area contributed by atoms with E-state index in [-0.39, 0.29) is 17.5 Å². The Hall–Kier alpha value is -0.650. The van der Waals surface area contributed by atoms with E-state index in [1.807, 2.05) is 6.92 Å². The van der Waals surface area contributed by atoms with Crippen molar-refractivity contribution >= 4 is 5.97 Å². The predicted octanol–water partition coefficient (Wildman–Crippen LogP) is 5.12. The van der Waals surface area contributed by atoms with E-state index in [1.165, 1.54) is 44.9 Å². The maximum absolute atomic E-state index is 12.0. The maximum atomic E-state index is 12.0. The summed E-state index contributed by atoms with van der Waals surface area (Å²) in [4.78, 5) is 14.2. The Morgan fingerprint density at radius 2 is 1.89 bits per heavy atom. The Kier molecular flexibility index (Phi) is 8.60. The Morgan fingerprint density at radius 3 is 2.60 bits per heavy atom. The minimum Gasteiger partial charge on any atom is -0.466 e. The van der Waals surface area contributed by atoms with Crippen LogP contribution in [-0.2, 0) is 9.53 Å². The van der Waals surface area contributed by atoms with Crippen LogP contribution in [0, 0.1) is 46.3 Å². The second-order valence-electron chi connectivity index (χ2n) is 13.5. The molecule has 0 saturated heterocycles. The molecule has 0 spiro atoms. The molecule has 5 heteroatoms. The van der Waals surface area contributed by atoms with Gasteiger partial charge in [-0.05, 0) is 125 Å². The summed E-state index contributed by atoms with van der Waals surface area (Å²) < 4.78 is 5.18. The van der Waals surface area contributed by atoms with Crippen LogP contribution in [0.25, 0.3) is 0 Å². The molecule has 0 aliphatic heterocycles. The molecule has 202 valence electrons. The molecule has 0 amide bonds. The van der Waals surface area contributed by atoms with E-state index < -0.39 is 0 Å². The second-order valence-corrected chi connectivity index (χ2v) is 13.5. The van der Waals surface area contributed by atoms with Gasteiger partial charge >= 0.3 is 5.97 Å². The number of carbonyl (C=O) groups is 1. The van der Waals surface area contributed by atoms with Gasteiger partial charge in [-0.3, -0.25) is 4.79 Å². The summed E-state index contributed by atoms with van der Waals surface area (Å²) >= 11 is 0. The van der Waals surface area contributed by atoms with Crippen molar-refractivity contribution in [2.45, 2.75) is 104 Å². The normalized spacial score (nSPS) is 43.8. The van der Waals surface area contributed by atoms with E-state index in [1.54, 1.807) is 0 Å². The van der Waals surface area contributed by atoms with Crippen LogP contribution in [-0.4, -0.2) is 61.9 Å². The monoisotopic (exact) mass is 490 g/mol. The van der Waals surface area contributed by atoms with Crippen LogP contribution in [0.15, 0.2) is 0 Å². The van der Waals surface area contributed by atoms with Gasteiger partial charge in [-0.2, -0.15) is 0 Å². The molecule has 5 nitrogen and oxygen atoms in total. The fraction of sp³-hybridized carbons (Fsp3) is 0.967. The molecule has 4 fully saturated rings. The van der Waals surface area contributed by atoms with E-state index in [2.05, 4.69) is 45.1 Å². The third kappa shape index (κ3) is 5.21. The molecule has 0 bridgehead atoms. The summed E-state index contributed by atoms with van der Waals surface area (Å²) in [5.41, 5.74) is 0.391. The van der Waals surface area contributed by atoms with E-state index in [0.29, 0.717) is 48.2 Å². The van der Waals surface area contributed by atoms with Crippen molar-refractivity contribution in [2.75, 3.05) is 33.8 Å². The smallest absolute Gasteiger partial charge is 0.305 e. The van der Waals surface area contributed by atoms with Crippen LogP contribution in [0.4, 0.5) is 0 Å². The summed E-state index contributed by atoms with van der Waals surface area (Å²) in [6.07, 6.45) is 11.3. The molecule has 0 aromatic rings. The van der Waals surface area contributed by atoms with Gasteiger partial charge in [0.1, 0.15) is 0 Å². The topological polar surface area (TPSA) is 61.8 Å². The van der Waals surface area contributed by atoms with Crippen LogP contribution in [0.1, 0.15) is 91.9 Å². The summed E-state index contributed by atoms with van der Waals surface area (Å²) in [6, 6.07) is 0.666. The van der Waals surface area contributed by atoms with Gasteiger partial charge in [0, 0.05) is 25.6 Å². The summed E-state index contributed by atoms with van der Waals surface area (Å²) in [6.45, 7) is 11.9. The van der Waals surface area contributed by atoms with Crippen molar-refractivity contribution in [3.63, 3.8) is 0 Å². The lowest BCUT2D eigenvalue weighted by Crippen LogP contribution is -2.59. The van der Waals surface area contributed by atoms with Gasteiger partial charge in [0.15, 0.2) is 0 Å². The molecule has 0 aromatic carbocycles. The maximum Gasteiger partial charge on any atom is 0.305 e. The number of ether oxygens (including phenoxy) is 1. The molecule has 0 radical (unpaired) electrons. The summed E-state index contributed by atoms with van der Waals surface area (Å²) in [5.74, 6) is 3.78. The largest absolute Gasteiger partial charge is 0.466 e. The molecule has 4 saturated carbocycles. The van der Waals surface area contributed by atoms with Gasteiger partial charge < -0.3 is 20.1 Å². The van der Waals surface area contributed by atoms with Crippen molar-refractivity contribution in [3.8, 4) is 0 Å². The van der Waals surface area contributed by atoms with Gasteiger partial charge in [-0.1, -0.05) is 20.8 Å². The quantitative estimate of drug-likeness (QED) is 0.440. The summed E-state index contributed by atoms with van der Waals surface area (Å²) in [7, 11) is 4.30. The van der Waals surface area contributed by atoms with Crippen LogP contribution >= 0.6 is 0 Å². The zero-order chi connectivity index (χ0) is 25.4. The molecule has 10 unspecified atom stereocenters. The predicted molar refractivity (Wildman–Crippen MR) is 142 cm³/mol. The molecule has 4 aliphatic carbocycles. The van der Waals surface area contributed by atoms with Crippen molar-refractivity contribution in [1.82, 2.24) is 10.2 Å². The molecule has 0 heterocycles. The number of nitrogens with zero attached hydrogens (tertiary/aromatic N) is 1. The highest BCUT2D eigenvalue weighted by molar-refractivity contribution is 5.69. The van der Waals surface area contributed by atoms with Crippen LogP contribution in [0.5, 0.6) is 0 Å². The zero-order valence-corrected chi connectivity index (χ0v) is 23.5. The minimum atomic E-state index is -0.210. The van der Waals surface area contributed by atoms with Gasteiger partial charge in [0.2, 0.25) is 0 Å². The first-order valence-electron chi connectivity index (χ1n) is 14.8. The second kappa shape index (κ2) is 11.0. The standard InChI is InChI=1S/C30H54N2O3/c1-7-35-28(34)13-8-20(2)24-11-12-25-23-10-9-21-18-22(31-16-17-32(5)6)14-15-29(21,3)26(23)19-27(33)30(24,25)4/h20-27,31,33H,7-19H2,1-6H3. The lowest BCUT2D eigenvalue weighted by Gasteiger charge is -2.62. The molecule has 2 N–H and O–H groups in total. The highest BCUT2D eigenvalue weighted by atomic mass is 16.5. The van der Waals surface area contributed by atoms with Gasteiger partial charge in [0.05, 0.1) is 12.7 Å². The highest BCUT2D eigenvalue weighted by Crippen LogP contribution is 2.68. The van der Waals surface area contributed by atoms with Crippen LogP contribution in [0.3, 0.4) is 0 Å².